The Bertz CT molecular complexity index is 746. The molecule has 1 unspecified atom stereocenters. The van der Waals surface area contributed by atoms with Crippen LogP contribution in [-0.2, 0) is 0 Å². The minimum atomic E-state index is -0.0333. The quantitative estimate of drug-likeness (QED) is 0.840. The minimum absolute atomic E-state index is 0.0333. The molecule has 1 aliphatic heterocycles. The van der Waals surface area contributed by atoms with Gasteiger partial charge in [0.15, 0.2) is 11.5 Å². The van der Waals surface area contributed by atoms with E-state index in [0.29, 0.717) is 29.5 Å². The van der Waals surface area contributed by atoms with Crippen molar-refractivity contribution in [3.63, 3.8) is 0 Å². The first-order chi connectivity index (χ1) is 10.8. The molecule has 0 amide bonds. The van der Waals surface area contributed by atoms with Gasteiger partial charge in [-0.1, -0.05) is 0 Å². The Kier molecular flexibility index (Phi) is 3.80. The van der Waals surface area contributed by atoms with E-state index in [-0.39, 0.29) is 6.10 Å². The van der Waals surface area contributed by atoms with Gasteiger partial charge in [-0.15, -0.1) is 0 Å². The molecule has 0 radical (unpaired) electrons. The topological polar surface area (TPSA) is 98.7 Å². The minimum Gasteiger partial charge on any atom is -0.472 e. The van der Waals surface area contributed by atoms with E-state index in [1.165, 1.54) is 12.4 Å². The molecule has 22 heavy (non-hydrogen) atoms. The summed E-state index contributed by atoms with van der Waals surface area (Å²) in [7, 11) is 0. The van der Waals surface area contributed by atoms with Crippen molar-refractivity contribution in [2.24, 2.45) is 0 Å². The fourth-order valence-electron chi connectivity index (χ4n) is 2.34. The lowest BCUT2D eigenvalue weighted by Crippen LogP contribution is -2.26. The van der Waals surface area contributed by atoms with Crippen LogP contribution in [0, 0.1) is 22.7 Å². The van der Waals surface area contributed by atoms with Gasteiger partial charge < -0.3 is 9.64 Å². The molecule has 1 saturated heterocycles. The molecule has 7 nitrogen and oxygen atoms in total. The number of rotatable bonds is 3. The summed E-state index contributed by atoms with van der Waals surface area (Å²) in [5.74, 6) is 1.08. The molecule has 0 N–H and O–H groups in total. The summed E-state index contributed by atoms with van der Waals surface area (Å²) in [6.45, 7) is 1.36. The highest BCUT2D eigenvalue weighted by molar-refractivity contribution is 5.50. The largest absolute Gasteiger partial charge is 0.472 e. The van der Waals surface area contributed by atoms with Crippen molar-refractivity contribution in [1.82, 2.24) is 15.0 Å². The highest BCUT2D eigenvalue weighted by Crippen LogP contribution is 2.22. The molecular weight excluding hydrogens is 280 g/mol. The average Bonchev–Trinajstić information content (AvgIpc) is 3.04. The second kappa shape index (κ2) is 6.06. The van der Waals surface area contributed by atoms with Crippen LogP contribution >= 0.6 is 0 Å². The number of hydrogen-bond donors (Lipinski definition) is 0. The van der Waals surface area contributed by atoms with Gasteiger partial charge in [0, 0.05) is 37.6 Å². The Balaban J connectivity index is 1.67. The number of nitrogens with zero attached hydrogens (tertiary/aromatic N) is 6. The normalized spacial score (nSPS) is 16.8. The summed E-state index contributed by atoms with van der Waals surface area (Å²) in [6.07, 6.45) is 5.34. The summed E-state index contributed by atoms with van der Waals surface area (Å²) in [5, 5.41) is 17.8. The third-order valence-electron chi connectivity index (χ3n) is 3.38. The van der Waals surface area contributed by atoms with Crippen molar-refractivity contribution >= 4 is 5.82 Å². The summed E-state index contributed by atoms with van der Waals surface area (Å²) >= 11 is 0. The van der Waals surface area contributed by atoms with Crippen molar-refractivity contribution in [3.05, 3.63) is 42.0 Å². The molecule has 7 heteroatoms. The van der Waals surface area contributed by atoms with Crippen LogP contribution in [0.25, 0.3) is 0 Å². The van der Waals surface area contributed by atoms with Crippen LogP contribution in [0.15, 0.2) is 30.7 Å². The summed E-state index contributed by atoms with van der Waals surface area (Å²) in [4.78, 5) is 14.3. The third kappa shape index (κ3) is 2.79. The number of ether oxygens (including phenoxy) is 1. The van der Waals surface area contributed by atoms with Gasteiger partial charge >= 0.3 is 0 Å². The van der Waals surface area contributed by atoms with Crippen molar-refractivity contribution < 1.29 is 4.74 Å². The number of nitriles is 2. The van der Waals surface area contributed by atoms with Crippen molar-refractivity contribution in [1.29, 1.82) is 10.5 Å². The van der Waals surface area contributed by atoms with Crippen LogP contribution in [0.5, 0.6) is 5.88 Å². The number of pyridine rings is 1. The van der Waals surface area contributed by atoms with E-state index in [1.807, 2.05) is 11.0 Å². The fraction of sp³-hybridized carbons (Fsp3) is 0.267. The maximum Gasteiger partial charge on any atom is 0.213 e. The molecule has 1 atom stereocenters. The molecule has 3 rings (SSSR count). The fourth-order valence-corrected chi connectivity index (χ4v) is 2.34. The van der Waals surface area contributed by atoms with Crippen molar-refractivity contribution in [2.75, 3.05) is 18.0 Å². The third-order valence-corrected chi connectivity index (χ3v) is 3.38. The molecule has 0 bridgehead atoms. The van der Waals surface area contributed by atoms with E-state index < -0.39 is 0 Å². The van der Waals surface area contributed by atoms with Gasteiger partial charge in [0.1, 0.15) is 18.2 Å². The molecule has 1 aliphatic rings. The lowest BCUT2D eigenvalue weighted by Gasteiger charge is -2.18. The molecule has 2 aromatic heterocycles. The van der Waals surface area contributed by atoms with E-state index in [1.54, 1.807) is 18.3 Å². The smallest absolute Gasteiger partial charge is 0.213 e. The maximum absolute atomic E-state index is 9.08. The molecule has 1 fully saturated rings. The maximum atomic E-state index is 9.08. The number of anilines is 1. The standard InChI is InChI=1S/C15H12N6O/c16-7-11-1-2-14(20-9-11)22-12-3-6-21(10-12)15-13(8-17)18-4-5-19-15/h1-2,4-5,9,12H,3,6,10H2. The van der Waals surface area contributed by atoms with Crippen LogP contribution in [0.4, 0.5) is 5.82 Å². The molecular formula is C15H12N6O. The lowest BCUT2D eigenvalue weighted by atomic mass is 10.3. The van der Waals surface area contributed by atoms with Crippen molar-refractivity contribution in [2.45, 2.75) is 12.5 Å². The first kappa shape index (κ1) is 13.8. The van der Waals surface area contributed by atoms with Crippen molar-refractivity contribution in [3.8, 4) is 18.0 Å². The van der Waals surface area contributed by atoms with Gasteiger partial charge in [-0.3, -0.25) is 0 Å². The Morgan fingerprint density at radius 3 is 2.73 bits per heavy atom. The SMILES string of the molecule is N#Cc1ccc(OC2CCN(c3nccnc3C#N)C2)nc1. The Hall–Kier alpha value is -3.19. The summed E-state index contributed by atoms with van der Waals surface area (Å²) in [6, 6.07) is 7.42. The van der Waals surface area contributed by atoms with Gasteiger partial charge in [-0.25, -0.2) is 15.0 Å². The van der Waals surface area contributed by atoms with E-state index >= 15 is 0 Å². The highest BCUT2D eigenvalue weighted by atomic mass is 16.5. The molecule has 3 heterocycles. The van der Waals surface area contributed by atoms with Gasteiger partial charge in [-0.2, -0.15) is 10.5 Å². The molecule has 0 aliphatic carbocycles. The molecule has 2 aromatic rings. The van der Waals surface area contributed by atoms with Crippen LogP contribution < -0.4 is 9.64 Å². The molecule has 0 saturated carbocycles. The highest BCUT2D eigenvalue weighted by Gasteiger charge is 2.27. The molecule has 108 valence electrons. The summed E-state index contributed by atoms with van der Waals surface area (Å²) in [5.41, 5.74) is 0.818. The predicted octanol–water partition coefficient (Wildman–Crippen LogP) is 1.27. The van der Waals surface area contributed by atoms with E-state index in [0.717, 1.165) is 13.0 Å². The van der Waals surface area contributed by atoms with E-state index in [4.69, 9.17) is 15.3 Å². The van der Waals surface area contributed by atoms with Crippen LogP contribution in [-0.4, -0.2) is 34.1 Å². The first-order valence-corrected chi connectivity index (χ1v) is 6.79. The Labute approximate surface area is 127 Å². The Morgan fingerprint density at radius 1 is 1.14 bits per heavy atom. The molecule has 0 aromatic carbocycles. The van der Waals surface area contributed by atoms with Gasteiger partial charge in [-0.05, 0) is 6.07 Å². The van der Waals surface area contributed by atoms with Crippen LogP contribution in [0.1, 0.15) is 17.7 Å². The van der Waals surface area contributed by atoms with Crippen LogP contribution in [0.3, 0.4) is 0 Å². The Morgan fingerprint density at radius 2 is 2.00 bits per heavy atom. The second-order valence-corrected chi connectivity index (χ2v) is 4.81. The second-order valence-electron chi connectivity index (χ2n) is 4.81. The van der Waals surface area contributed by atoms with E-state index in [9.17, 15) is 0 Å². The number of hydrogen-bond acceptors (Lipinski definition) is 7. The average molecular weight is 292 g/mol. The zero-order chi connectivity index (χ0) is 15.4. The van der Waals surface area contributed by atoms with Gasteiger partial charge in [0.25, 0.3) is 0 Å². The predicted molar refractivity (Wildman–Crippen MR) is 76.9 cm³/mol. The molecule has 0 spiro atoms. The monoisotopic (exact) mass is 292 g/mol. The zero-order valence-electron chi connectivity index (χ0n) is 11.7. The van der Waals surface area contributed by atoms with E-state index in [2.05, 4.69) is 21.0 Å². The van der Waals surface area contributed by atoms with Gasteiger partial charge in [0.05, 0.1) is 12.1 Å². The lowest BCUT2D eigenvalue weighted by molar-refractivity contribution is 0.216. The van der Waals surface area contributed by atoms with Crippen LogP contribution in [0.2, 0.25) is 0 Å². The zero-order valence-corrected chi connectivity index (χ0v) is 11.7. The first-order valence-electron chi connectivity index (χ1n) is 6.79. The summed E-state index contributed by atoms with van der Waals surface area (Å²) < 4.78 is 5.81. The van der Waals surface area contributed by atoms with Gasteiger partial charge in [0.2, 0.25) is 5.88 Å². The number of aromatic nitrogens is 3.